The van der Waals surface area contributed by atoms with Crippen molar-refractivity contribution >= 4 is 95.0 Å². The van der Waals surface area contributed by atoms with E-state index in [1.165, 1.54) is 22.3 Å². The first-order valence-corrected chi connectivity index (χ1v) is 44.1. The Morgan fingerprint density at radius 1 is 0.232 bits per heavy atom. The van der Waals surface area contributed by atoms with Crippen LogP contribution in [-0.2, 0) is 96.2 Å². The van der Waals surface area contributed by atoms with Gasteiger partial charge in [-0.15, -0.1) is 0 Å². The molecule has 0 saturated heterocycles. The average Bonchev–Trinajstić information content (AvgIpc) is 0.819. The Balaban J connectivity index is -0.000000602. The number of benzene rings is 4. The summed E-state index contributed by atoms with van der Waals surface area (Å²) in [7, 11) is -20.2. The van der Waals surface area contributed by atoms with Gasteiger partial charge in [-0.1, -0.05) is 174 Å². The molecule has 4 aromatic heterocycles. The molecule has 0 aliphatic carbocycles. The quantitative estimate of drug-likeness (QED) is 0.0640. The average molecular weight is 2090 g/mol. The van der Waals surface area contributed by atoms with E-state index in [4.69, 9.17) is 0 Å². The summed E-state index contributed by atoms with van der Waals surface area (Å²) in [6.07, 6.45) is 0. The third-order valence-electron chi connectivity index (χ3n) is 15.1. The second kappa shape index (κ2) is 53.4. The van der Waals surface area contributed by atoms with E-state index in [0.29, 0.717) is 44.5 Å². The van der Waals surface area contributed by atoms with Gasteiger partial charge >= 0.3 is 77.9 Å². The number of rotatable bonds is 16. The van der Waals surface area contributed by atoms with Crippen LogP contribution in [0.5, 0.6) is 23.0 Å². The molecule has 32 heteroatoms. The Bertz CT molecular complexity index is 3590. The van der Waals surface area contributed by atoms with Crippen LogP contribution < -0.4 is 57.2 Å². The summed E-state index contributed by atoms with van der Waals surface area (Å²) in [4.78, 5) is 104. The number of halogens is 4. The van der Waals surface area contributed by atoms with Crippen LogP contribution >= 0.6 is 95.0 Å². The van der Waals surface area contributed by atoms with Crippen molar-refractivity contribution in [2.24, 2.45) is 0 Å². The third kappa shape index (κ3) is 46.9. The molecule has 0 fully saturated rings. The van der Waals surface area contributed by atoms with Crippen LogP contribution in [0.1, 0.15) is 270 Å². The molecule has 8 rings (SSSR count). The molecule has 0 aliphatic heterocycles. The Morgan fingerprint density at radius 3 is 0.402 bits per heavy atom. The van der Waals surface area contributed by atoms with Crippen LogP contribution in [0.2, 0.25) is 0 Å². The maximum Gasteiger partial charge on any atom is 2.00 e. The van der Waals surface area contributed by atoms with Gasteiger partial charge < -0.3 is 75.5 Å². The van der Waals surface area contributed by atoms with Crippen LogP contribution in [-0.4, -0.2) is 19.9 Å². The van der Waals surface area contributed by atoms with E-state index in [9.17, 15) is 57.4 Å². The molecule has 20 nitrogen and oxygen atoms in total. The molecular formula is C80H108Br4N4O16P4Zn4. The van der Waals surface area contributed by atoms with Crippen LogP contribution in [0, 0.1) is 83.1 Å². The van der Waals surface area contributed by atoms with Gasteiger partial charge in [0.1, 0.15) is 54.3 Å². The largest absolute Gasteiger partial charge is 2.00 e. The maximum atomic E-state index is 10.9. The van der Waals surface area contributed by atoms with Crippen LogP contribution in [0.15, 0.2) is 115 Å². The standard InChI is InChI=1S/4C12H18BrO4P.4C8H11N.4Zn/c4*1-7(2)10-5-9(13)6-11(8(3)4)12(10)17-18(14,15)16;4*1-6-4-7(2)9-8(3)5-6;;;;/h4*5-8H,1-4H3,(H2,14,15,16);4*4-5H,1-3H3;;;;/q;;;;;;;;4*+2/p-8. The van der Waals surface area contributed by atoms with Crippen molar-refractivity contribution in [1.29, 1.82) is 0 Å². The molecule has 0 N–H and O–H groups in total. The summed E-state index contributed by atoms with van der Waals surface area (Å²) in [5.41, 5.74) is 19.7. The van der Waals surface area contributed by atoms with Gasteiger partial charge in [-0.25, -0.2) is 0 Å². The monoisotopic (exact) mass is 2080 g/mol. The Labute approximate surface area is 752 Å². The molecule has 0 atom stereocenters. The number of hydrogen-bond acceptors (Lipinski definition) is 20. The SMILES string of the molecule is CC(C)c1cc(Br)cc(C(C)C)c1OP(=O)([O-])[O-].CC(C)c1cc(Br)cc(C(C)C)c1OP(=O)([O-])[O-].CC(C)c1cc(Br)cc(C(C)C)c1OP(=O)([O-])[O-].CC(C)c1cc(Br)cc(C(C)C)c1OP(=O)([O-])[O-].Cc1cc(C)nc(C)c1.Cc1cc(C)nc(C)c1.Cc1cc(C)nc(C)c1.Cc1cc(C)nc(C)c1.[Zn+2].[Zn+2].[Zn+2].[Zn+2]. The Morgan fingerprint density at radius 2 is 0.330 bits per heavy atom. The number of nitrogens with zero attached hydrogens (tertiary/aromatic N) is 4. The number of aromatic nitrogens is 4. The van der Waals surface area contributed by atoms with Crippen molar-refractivity contribution in [3.05, 3.63) is 227 Å². The summed E-state index contributed by atoms with van der Waals surface area (Å²) in [6.45, 7) is 55.1. The number of aryl methyl sites for hydroxylation is 12. The molecule has 0 aliphatic rings. The summed E-state index contributed by atoms with van der Waals surface area (Å²) in [5.74, 6) is 1.17. The van der Waals surface area contributed by atoms with Gasteiger partial charge in [-0.05, 0) is 294 Å². The Hall–Kier alpha value is -2.31. The number of pyridine rings is 4. The van der Waals surface area contributed by atoms with E-state index < -0.39 is 31.3 Å². The molecular weight excluding hydrogens is 1980 g/mol. The predicted octanol–water partition coefficient (Wildman–Crippen LogP) is 19.6. The fourth-order valence-electron chi connectivity index (χ4n) is 11.0. The first-order chi connectivity index (χ1) is 49.2. The van der Waals surface area contributed by atoms with E-state index in [2.05, 4.69) is 178 Å². The molecule has 4 aromatic carbocycles. The van der Waals surface area contributed by atoms with Crippen molar-refractivity contribution in [3.8, 4) is 23.0 Å². The molecule has 112 heavy (non-hydrogen) atoms. The summed E-state index contributed by atoms with van der Waals surface area (Å²) in [5, 5.41) is 0. The smallest absolute Gasteiger partial charge is 0.780 e. The molecule has 8 aromatic rings. The molecule has 600 valence electrons. The minimum Gasteiger partial charge on any atom is -0.780 e. The molecule has 0 spiro atoms. The summed E-state index contributed by atoms with van der Waals surface area (Å²) < 4.78 is 65.5. The van der Waals surface area contributed by atoms with Crippen molar-refractivity contribution in [3.63, 3.8) is 0 Å². The van der Waals surface area contributed by atoms with Gasteiger partial charge in [0.05, 0.1) is 0 Å². The third-order valence-corrected chi connectivity index (χ3v) is 18.6. The predicted molar refractivity (Wildman–Crippen MR) is 436 cm³/mol. The summed E-state index contributed by atoms with van der Waals surface area (Å²) in [6, 6.07) is 30.8. The normalized spacial score (nSPS) is 11.0. The van der Waals surface area contributed by atoms with Gasteiger partial charge in [-0.3, -0.25) is 19.9 Å². The van der Waals surface area contributed by atoms with Crippen LogP contribution in [0.25, 0.3) is 0 Å². The van der Waals surface area contributed by atoms with Crippen molar-refractivity contribution in [1.82, 2.24) is 19.9 Å². The van der Waals surface area contributed by atoms with Crippen molar-refractivity contribution < 1.29 is 153 Å². The zero-order valence-corrected chi connectivity index (χ0v) is 92.1. The minimum atomic E-state index is -5.05. The van der Waals surface area contributed by atoms with E-state index in [1.54, 1.807) is 48.5 Å². The van der Waals surface area contributed by atoms with Gasteiger partial charge in [0.25, 0.3) is 0 Å². The number of hydrogen-bond donors (Lipinski definition) is 0. The van der Waals surface area contributed by atoms with Gasteiger partial charge in [0.15, 0.2) is 0 Å². The second-order valence-electron chi connectivity index (χ2n) is 28.8. The molecule has 0 saturated carbocycles. The minimum absolute atomic E-state index is 0. The molecule has 0 amide bonds. The summed E-state index contributed by atoms with van der Waals surface area (Å²) >= 11 is 13.5. The van der Waals surface area contributed by atoms with Crippen molar-refractivity contribution in [2.75, 3.05) is 0 Å². The van der Waals surface area contributed by atoms with E-state index >= 15 is 0 Å². The van der Waals surface area contributed by atoms with E-state index in [1.807, 2.05) is 166 Å². The van der Waals surface area contributed by atoms with Crippen molar-refractivity contribution in [2.45, 2.75) is 241 Å². The zero-order chi connectivity index (χ0) is 83.8. The topological polar surface area (TPSA) is 341 Å². The maximum absolute atomic E-state index is 10.9. The fourth-order valence-corrected chi connectivity index (χ4v) is 14.7. The van der Waals surface area contributed by atoms with E-state index in [0.717, 1.165) is 63.4 Å². The van der Waals surface area contributed by atoms with Crippen LogP contribution in [0.3, 0.4) is 0 Å². The molecule has 4 heterocycles. The molecule has 0 unspecified atom stereocenters. The van der Waals surface area contributed by atoms with Gasteiger partial charge in [0, 0.05) is 63.4 Å². The number of phosphoric acid groups is 4. The van der Waals surface area contributed by atoms with E-state index in [-0.39, 0.29) is 148 Å². The van der Waals surface area contributed by atoms with Gasteiger partial charge in [0.2, 0.25) is 0 Å². The Kier molecular flexibility index (Phi) is 55.3. The first-order valence-electron chi connectivity index (χ1n) is 35.1. The van der Waals surface area contributed by atoms with Gasteiger partial charge in [-0.2, -0.15) is 0 Å². The number of phosphoric ester groups is 4. The second-order valence-corrected chi connectivity index (χ2v) is 36.7. The fraction of sp³-hybridized carbons (Fsp3) is 0.450. The first kappa shape index (κ1) is 116. The molecule has 0 bridgehead atoms. The van der Waals surface area contributed by atoms with Crippen LogP contribution in [0.4, 0.5) is 0 Å². The zero-order valence-electron chi connectivity index (χ0n) is 70.3. The molecule has 0 radical (unpaired) electrons.